The molecule has 2 atom stereocenters. The van der Waals surface area contributed by atoms with Gasteiger partial charge in [-0.3, -0.25) is 0 Å². The number of rotatable bonds is 4. The fourth-order valence-electron chi connectivity index (χ4n) is 2.45. The van der Waals surface area contributed by atoms with E-state index in [-0.39, 0.29) is 6.04 Å². The van der Waals surface area contributed by atoms with Gasteiger partial charge in [0.15, 0.2) is 0 Å². The summed E-state index contributed by atoms with van der Waals surface area (Å²) >= 11 is 0. The Morgan fingerprint density at radius 2 is 1.58 bits per heavy atom. The molecule has 0 aliphatic rings. The first-order valence-corrected chi connectivity index (χ1v) is 6.86. The van der Waals surface area contributed by atoms with Crippen LogP contribution in [0.4, 0.5) is 0 Å². The molecule has 2 unspecified atom stereocenters. The number of methoxy groups -OCH3 is 1. The molecule has 0 aliphatic carbocycles. The first-order valence-electron chi connectivity index (χ1n) is 6.86. The maximum absolute atomic E-state index is 6.26. The van der Waals surface area contributed by atoms with Crippen LogP contribution >= 0.6 is 0 Å². The Labute approximate surface area is 115 Å². The molecule has 2 heteroatoms. The molecule has 2 aromatic rings. The summed E-state index contributed by atoms with van der Waals surface area (Å²) < 4.78 is 5.25. The Hall–Kier alpha value is -1.54. The van der Waals surface area contributed by atoms with E-state index in [9.17, 15) is 0 Å². The summed E-state index contributed by atoms with van der Waals surface area (Å²) in [6.07, 6.45) is 0. The summed E-state index contributed by atoms with van der Waals surface area (Å²) in [7, 11) is 1.69. The molecule has 0 saturated heterocycles. The van der Waals surface area contributed by atoms with E-state index in [1.807, 2.05) is 6.07 Å². The second-order valence-corrected chi connectivity index (χ2v) is 5.58. The van der Waals surface area contributed by atoms with E-state index in [2.05, 4.69) is 51.1 Å². The molecule has 0 saturated carbocycles. The zero-order valence-electron chi connectivity index (χ0n) is 12.2. The standard InChI is InChI=1S/C17H23NO/c1-11(2)17(18)12(3)13-5-6-15-10-16(19-4)8-7-14(15)9-13/h5-12,17H,18H2,1-4H3. The highest BCUT2D eigenvalue weighted by Crippen LogP contribution is 2.27. The third-order valence-corrected chi connectivity index (χ3v) is 3.94. The average molecular weight is 257 g/mol. The van der Waals surface area contributed by atoms with Crippen LogP contribution in [0, 0.1) is 5.92 Å². The largest absolute Gasteiger partial charge is 0.497 e. The van der Waals surface area contributed by atoms with Gasteiger partial charge in [0.2, 0.25) is 0 Å². The molecular weight excluding hydrogens is 234 g/mol. The van der Waals surface area contributed by atoms with Crippen LogP contribution in [0.1, 0.15) is 32.3 Å². The van der Waals surface area contributed by atoms with Gasteiger partial charge in [-0.05, 0) is 40.3 Å². The fraction of sp³-hybridized carbons (Fsp3) is 0.412. The summed E-state index contributed by atoms with van der Waals surface area (Å²) in [4.78, 5) is 0. The maximum Gasteiger partial charge on any atom is 0.119 e. The SMILES string of the molecule is COc1ccc2cc(C(C)C(N)C(C)C)ccc2c1. The van der Waals surface area contributed by atoms with E-state index in [0.29, 0.717) is 11.8 Å². The van der Waals surface area contributed by atoms with Gasteiger partial charge in [-0.15, -0.1) is 0 Å². The Morgan fingerprint density at radius 1 is 0.947 bits per heavy atom. The third-order valence-electron chi connectivity index (χ3n) is 3.94. The van der Waals surface area contributed by atoms with Crippen molar-refractivity contribution in [1.29, 1.82) is 0 Å². The number of hydrogen-bond donors (Lipinski definition) is 1. The van der Waals surface area contributed by atoms with E-state index in [1.165, 1.54) is 16.3 Å². The molecule has 0 fully saturated rings. The summed E-state index contributed by atoms with van der Waals surface area (Å²) in [6, 6.07) is 12.9. The molecule has 102 valence electrons. The van der Waals surface area contributed by atoms with Gasteiger partial charge in [0, 0.05) is 6.04 Å². The van der Waals surface area contributed by atoms with Crippen LogP contribution in [0.3, 0.4) is 0 Å². The number of benzene rings is 2. The van der Waals surface area contributed by atoms with Crippen molar-refractivity contribution < 1.29 is 4.74 Å². The summed E-state index contributed by atoms with van der Waals surface area (Å²) in [5, 5.41) is 2.44. The lowest BCUT2D eigenvalue weighted by atomic mass is 9.86. The highest BCUT2D eigenvalue weighted by atomic mass is 16.5. The van der Waals surface area contributed by atoms with Crippen LogP contribution in [0.15, 0.2) is 36.4 Å². The Balaban J connectivity index is 2.36. The Kier molecular flexibility index (Phi) is 4.11. The minimum Gasteiger partial charge on any atom is -0.497 e. The topological polar surface area (TPSA) is 35.2 Å². The molecule has 0 aromatic heterocycles. The lowest BCUT2D eigenvalue weighted by Crippen LogP contribution is -2.32. The molecule has 19 heavy (non-hydrogen) atoms. The van der Waals surface area contributed by atoms with Gasteiger partial charge in [0.05, 0.1) is 7.11 Å². The van der Waals surface area contributed by atoms with E-state index < -0.39 is 0 Å². The molecule has 0 heterocycles. The first-order chi connectivity index (χ1) is 9.02. The number of hydrogen-bond acceptors (Lipinski definition) is 2. The highest BCUT2D eigenvalue weighted by Gasteiger charge is 2.18. The van der Waals surface area contributed by atoms with Crippen molar-refractivity contribution in [3.05, 3.63) is 42.0 Å². The molecule has 2 aromatic carbocycles. The zero-order valence-corrected chi connectivity index (χ0v) is 12.2. The monoisotopic (exact) mass is 257 g/mol. The van der Waals surface area contributed by atoms with Gasteiger partial charge < -0.3 is 10.5 Å². The predicted octanol–water partition coefficient (Wildman–Crippen LogP) is 3.94. The van der Waals surface area contributed by atoms with Crippen molar-refractivity contribution in [2.45, 2.75) is 32.7 Å². The summed E-state index contributed by atoms with van der Waals surface area (Å²) in [5.41, 5.74) is 7.57. The van der Waals surface area contributed by atoms with Crippen LogP contribution in [0.25, 0.3) is 10.8 Å². The lowest BCUT2D eigenvalue weighted by molar-refractivity contribution is 0.415. The Morgan fingerprint density at radius 3 is 2.21 bits per heavy atom. The van der Waals surface area contributed by atoms with Crippen LogP contribution in [-0.4, -0.2) is 13.2 Å². The van der Waals surface area contributed by atoms with Crippen molar-refractivity contribution >= 4 is 10.8 Å². The smallest absolute Gasteiger partial charge is 0.119 e. The lowest BCUT2D eigenvalue weighted by Gasteiger charge is -2.24. The molecule has 0 spiro atoms. The van der Waals surface area contributed by atoms with Crippen LogP contribution < -0.4 is 10.5 Å². The second kappa shape index (κ2) is 5.62. The van der Waals surface area contributed by atoms with Crippen molar-refractivity contribution in [2.24, 2.45) is 11.7 Å². The van der Waals surface area contributed by atoms with E-state index in [1.54, 1.807) is 7.11 Å². The third kappa shape index (κ3) is 2.90. The number of fused-ring (bicyclic) bond motifs is 1. The zero-order chi connectivity index (χ0) is 14.0. The van der Waals surface area contributed by atoms with Gasteiger partial charge in [-0.2, -0.15) is 0 Å². The van der Waals surface area contributed by atoms with Gasteiger partial charge in [-0.1, -0.05) is 45.0 Å². The highest BCUT2D eigenvalue weighted by molar-refractivity contribution is 5.84. The summed E-state index contributed by atoms with van der Waals surface area (Å²) in [5.74, 6) is 1.75. The fourth-order valence-corrected chi connectivity index (χ4v) is 2.45. The van der Waals surface area contributed by atoms with Crippen LogP contribution in [-0.2, 0) is 0 Å². The van der Waals surface area contributed by atoms with E-state index in [4.69, 9.17) is 10.5 Å². The molecule has 0 radical (unpaired) electrons. The van der Waals surface area contributed by atoms with Crippen LogP contribution in [0.2, 0.25) is 0 Å². The summed E-state index contributed by atoms with van der Waals surface area (Å²) in [6.45, 7) is 6.55. The van der Waals surface area contributed by atoms with Crippen LogP contribution in [0.5, 0.6) is 5.75 Å². The molecule has 2 nitrogen and oxygen atoms in total. The van der Waals surface area contributed by atoms with Crippen molar-refractivity contribution in [1.82, 2.24) is 0 Å². The number of nitrogens with two attached hydrogens (primary N) is 1. The molecular formula is C17H23NO. The normalized spacial score (nSPS) is 14.6. The van der Waals surface area contributed by atoms with Crippen molar-refractivity contribution in [3.8, 4) is 5.75 Å². The van der Waals surface area contributed by atoms with Crippen molar-refractivity contribution in [3.63, 3.8) is 0 Å². The molecule has 0 amide bonds. The second-order valence-electron chi connectivity index (χ2n) is 5.58. The van der Waals surface area contributed by atoms with E-state index >= 15 is 0 Å². The Bertz CT molecular complexity index is 562. The predicted molar refractivity (Wildman–Crippen MR) is 81.7 cm³/mol. The van der Waals surface area contributed by atoms with Crippen molar-refractivity contribution in [2.75, 3.05) is 7.11 Å². The maximum atomic E-state index is 6.26. The molecule has 2 rings (SSSR count). The van der Waals surface area contributed by atoms with Gasteiger partial charge in [0.1, 0.15) is 5.75 Å². The molecule has 0 bridgehead atoms. The van der Waals surface area contributed by atoms with E-state index in [0.717, 1.165) is 5.75 Å². The quantitative estimate of drug-likeness (QED) is 0.900. The minimum absolute atomic E-state index is 0.190. The minimum atomic E-state index is 0.190. The average Bonchev–Trinajstić information content (AvgIpc) is 2.44. The van der Waals surface area contributed by atoms with Gasteiger partial charge in [0.25, 0.3) is 0 Å². The first kappa shape index (κ1) is 13.9. The molecule has 0 aliphatic heterocycles. The number of ether oxygens (including phenoxy) is 1. The van der Waals surface area contributed by atoms with Gasteiger partial charge >= 0.3 is 0 Å². The van der Waals surface area contributed by atoms with Gasteiger partial charge in [-0.25, -0.2) is 0 Å². The molecule has 2 N–H and O–H groups in total.